The van der Waals surface area contributed by atoms with Crippen LogP contribution in [0.2, 0.25) is 5.15 Å². The summed E-state index contributed by atoms with van der Waals surface area (Å²) >= 11 is 5.75. The van der Waals surface area contributed by atoms with Gasteiger partial charge in [0.15, 0.2) is 0 Å². The number of urea groups is 1. The Morgan fingerprint density at radius 2 is 1.87 bits per heavy atom. The van der Waals surface area contributed by atoms with Gasteiger partial charge in [-0.25, -0.2) is 9.78 Å². The normalized spacial score (nSPS) is 21.6. The quantitative estimate of drug-likeness (QED) is 0.649. The van der Waals surface area contributed by atoms with E-state index < -0.39 is 12.1 Å². The van der Waals surface area contributed by atoms with Gasteiger partial charge >= 0.3 is 6.03 Å². The Kier molecular flexibility index (Phi) is 6.06. The van der Waals surface area contributed by atoms with Crippen LogP contribution in [-0.2, 0) is 4.79 Å². The van der Waals surface area contributed by atoms with Crippen molar-refractivity contribution < 1.29 is 14.7 Å². The molecule has 9 heteroatoms. The molecule has 8 nitrogen and oxygen atoms in total. The second kappa shape index (κ2) is 8.89. The lowest BCUT2D eigenvalue weighted by Gasteiger charge is -2.33. The highest BCUT2D eigenvalue weighted by molar-refractivity contribution is 6.29. The summed E-state index contributed by atoms with van der Waals surface area (Å²) in [5.41, 5.74) is 2.34. The third-order valence-electron chi connectivity index (χ3n) is 5.42. The average molecular weight is 430 g/mol. The summed E-state index contributed by atoms with van der Waals surface area (Å²) in [4.78, 5) is 33.0. The Balaban J connectivity index is 1.37. The maximum absolute atomic E-state index is 13.0. The Labute approximate surface area is 179 Å². The summed E-state index contributed by atoms with van der Waals surface area (Å²) < 4.78 is 0. The molecule has 1 aromatic heterocycles. The number of halogens is 1. The fourth-order valence-electron chi connectivity index (χ4n) is 3.86. The molecule has 3 N–H and O–H groups in total. The van der Waals surface area contributed by atoms with Crippen molar-refractivity contribution >= 4 is 40.6 Å². The molecule has 3 heterocycles. The van der Waals surface area contributed by atoms with Gasteiger partial charge in [0.25, 0.3) is 0 Å². The van der Waals surface area contributed by atoms with Crippen molar-refractivity contribution in [3.8, 4) is 0 Å². The summed E-state index contributed by atoms with van der Waals surface area (Å²) in [5.74, 6) is -0.130. The maximum atomic E-state index is 13.0. The van der Waals surface area contributed by atoms with Gasteiger partial charge in [0.05, 0.1) is 18.0 Å². The predicted molar refractivity (Wildman–Crippen MR) is 116 cm³/mol. The molecule has 4 rings (SSSR count). The standard InChI is InChI=1S/C21H24ClN5O3/c22-19-8-3-14(12-23-19)24-21(30)25-18-2-1-10-27(20(18)29)16-6-4-15(5-7-16)26-11-9-17(28)13-26/h3-8,12,17-18,28H,1-2,9-11,13H2,(H2,24,25,30)/t17-,18-/m1/s1. The molecule has 1 aromatic carbocycles. The maximum Gasteiger partial charge on any atom is 0.319 e. The van der Waals surface area contributed by atoms with E-state index in [4.69, 9.17) is 11.6 Å². The number of anilines is 3. The molecule has 30 heavy (non-hydrogen) atoms. The molecule has 2 saturated heterocycles. The molecule has 0 radical (unpaired) electrons. The van der Waals surface area contributed by atoms with Crippen molar-refractivity contribution in [2.75, 3.05) is 34.8 Å². The van der Waals surface area contributed by atoms with Gasteiger partial charge in [-0.05, 0) is 55.7 Å². The van der Waals surface area contributed by atoms with Crippen LogP contribution >= 0.6 is 11.6 Å². The van der Waals surface area contributed by atoms with Crippen LogP contribution < -0.4 is 20.4 Å². The number of aromatic nitrogens is 1. The first-order valence-corrected chi connectivity index (χ1v) is 10.4. The number of carbonyl (C=O) groups is 2. The number of hydrogen-bond donors (Lipinski definition) is 3. The molecule has 2 aromatic rings. The third kappa shape index (κ3) is 4.66. The highest BCUT2D eigenvalue weighted by Crippen LogP contribution is 2.26. The van der Waals surface area contributed by atoms with E-state index in [1.54, 1.807) is 17.0 Å². The number of benzene rings is 1. The number of carbonyl (C=O) groups excluding carboxylic acids is 2. The number of aliphatic hydroxyl groups is 1. The van der Waals surface area contributed by atoms with Gasteiger partial charge in [-0.1, -0.05) is 11.6 Å². The van der Waals surface area contributed by atoms with Crippen LogP contribution in [0.5, 0.6) is 0 Å². The predicted octanol–water partition coefficient (Wildman–Crippen LogP) is 2.62. The van der Waals surface area contributed by atoms with Gasteiger partial charge in [-0.2, -0.15) is 0 Å². The second-order valence-electron chi connectivity index (χ2n) is 7.56. The number of rotatable bonds is 4. The zero-order chi connectivity index (χ0) is 21.1. The van der Waals surface area contributed by atoms with Crippen molar-refractivity contribution in [1.82, 2.24) is 10.3 Å². The fourth-order valence-corrected chi connectivity index (χ4v) is 3.97. The Morgan fingerprint density at radius 3 is 2.53 bits per heavy atom. The van der Waals surface area contributed by atoms with Gasteiger partial charge in [-0.3, -0.25) is 4.79 Å². The minimum Gasteiger partial charge on any atom is -0.391 e. The molecular weight excluding hydrogens is 406 g/mol. The Bertz CT molecular complexity index is 906. The zero-order valence-electron chi connectivity index (χ0n) is 16.4. The van der Waals surface area contributed by atoms with E-state index in [2.05, 4.69) is 20.5 Å². The first-order valence-electron chi connectivity index (χ1n) is 10.0. The first kappa shape index (κ1) is 20.4. The SMILES string of the molecule is O=C(Nc1ccc(Cl)nc1)N[C@@H]1CCCN(c2ccc(N3CC[C@@H](O)C3)cc2)C1=O. The molecule has 3 amide bonds. The minimum atomic E-state index is -0.590. The minimum absolute atomic E-state index is 0.130. The topological polar surface area (TPSA) is 97.8 Å². The monoisotopic (exact) mass is 429 g/mol. The molecule has 0 bridgehead atoms. The summed E-state index contributed by atoms with van der Waals surface area (Å²) in [5, 5.41) is 15.5. The van der Waals surface area contributed by atoms with Crippen LogP contribution in [0.4, 0.5) is 21.9 Å². The molecule has 2 fully saturated rings. The summed E-state index contributed by atoms with van der Waals surface area (Å²) in [6.07, 6.45) is 3.33. The third-order valence-corrected chi connectivity index (χ3v) is 5.64. The van der Waals surface area contributed by atoms with E-state index in [9.17, 15) is 14.7 Å². The van der Waals surface area contributed by atoms with Gasteiger partial charge in [0.1, 0.15) is 11.2 Å². The summed E-state index contributed by atoms with van der Waals surface area (Å²) in [7, 11) is 0. The van der Waals surface area contributed by atoms with Gasteiger partial charge in [0, 0.05) is 31.0 Å². The van der Waals surface area contributed by atoms with Gasteiger partial charge < -0.3 is 25.5 Å². The highest BCUT2D eigenvalue weighted by atomic mass is 35.5. The zero-order valence-corrected chi connectivity index (χ0v) is 17.2. The van der Waals surface area contributed by atoms with E-state index >= 15 is 0 Å². The Hall–Kier alpha value is -2.84. The average Bonchev–Trinajstić information content (AvgIpc) is 3.18. The van der Waals surface area contributed by atoms with E-state index in [1.807, 2.05) is 24.3 Å². The highest BCUT2D eigenvalue weighted by Gasteiger charge is 2.31. The van der Waals surface area contributed by atoms with E-state index in [0.29, 0.717) is 30.4 Å². The van der Waals surface area contributed by atoms with E-state index in [0.717, 1.165) is 30.8 Å². The summed E-state index contributed by atoms with van der Waals surface area (Å²) in [6, 6.07) is 9.95. The van der Waals surface area contributed by atoms with Gasteiger partial charge in [0.2, 0.25) is 5.91 Å². The molecule has 0 aliphatic carbocycles. The molecule has 2 aliphatic heterocycles. The molecule has 2 aliphatic rings. The van der Waals surface area contributed by atoms with Crippen molar-refractivity contribution in [3.63, 3.8) is 0 Å². The largest absolute Gasteiger partial charge is 0.391 e. The lowest BCUT2D eigenvalue weighted by atomic mass is 10.0. The van der Waals surface area contributed by atoms with E-state index in [-0.39, 0.29) is 12.0 Å². The van der Waals surface area contributed by atoms with Crippen LogP contribution in [0.3, 0.4) is 0 Å². The molecular formula is C21H24ClN5O3. The summed E-state index contributed by atoms with van der Waals surface area (Å²) in [6.45, 7) is 2.07. The fraction of sp³-hybridized carbons (Fsp3) is 0.381. The number of amides is 3. The van der Waals surface area contributed by atoms with Crippen molar-refractivity contribution in [1.29, 1.82) is 0 Å². The number of nitrogens with zero attached hydrogens (tertiary/aromatic N) is 3. The smallest absolute Gasteiger partial charge is 0.319 e. The van der Waals surface area contributed by atoms with Crippen molar-refractivity contribution in [3.05, 3.63) is 47.7 Å². The van der Waals surface area contributed by atoms with Crippen LogP contribution in [-0.4, -0.2) is 53.8 Å². The van der Waals surface area contributed by atoms with Crippen molar-refractivity contribution in [2.24, 2.45) is 0 Å². The molecule has 0 saturated carbocycles. The van der Waals surface area contributed by atoms with Crippen molar-refractivity contribution in [2.45, 2.75) is 31.4 Å². The van der Waals surface area contributed by atoms with Crippen LogP contribution in [0.25, 0.3) is 0 Å². The lowest BCUT2D eigenvalue weighted by Crippen LogP contribution is -2.53. The molecule has 2 atom stereocenters. The van der Waals surface area contributed by atoms with E-state index in [1.165, 1.54) is 6.20 Å². The second-order valence-corrected chi connectivity index (χ2v) is 7.94. The van der Waals surface area contributed by atoms with Crippen LogP contribution in [0, 0.1) is 0 Å². The number of nitrogens with one attached hydrogen (secondary N) is 2. The number of piperidine rings is 1. The van der Waals surface area contributed by atoms with Gasteiger partial charge in [-0.15, -0.1) is 0 Å². The molecule has 0 unspecified atom stereocenters. The number of β-amino-alcohol motifs (C(OH)–C–C–N with tert-alkyl or cyclic N) is 1. The lowest BCUT2D eigenvalue weighted by molar-refractivity contribution is -0.121. The molecule has 158 valence electrons. The number of aliphatic hydroxyl groups excluding tert-OH is 1. The number of hydrogen-bond acceptors (Lipinski definition) is 5. The number of pyridine rings is 1. The van der Waals surface area contributed by atoms with Crippen LogP contribution in [0.15, 0.2) is 42.6 Å². The Morgan fingerprint density at radius 1 is 1.10 bits per heavy atom. The molecule has 0 spiro atoms. The van der Waals surface area contributed by atoms with Crippen LogP contribution in [0.1, 0.15) is 19.3 Å². The first-order chi connectivity index (χ1) is 14.5.